The van der Waals surface area contributed by atoms with Crippen LogP contribution in [0.5, 0.6) is 5.75 Å². The average Bonchev–Trinajstić information content (AvgIpc) is 3.17. The molecular weight excluding hydrogens is 444 g/mol. The fourth-order valence-corrected chi connectivity index (χ4v) is 3.84. The number of carbonyl (C=O) groups is 2. The zero-order valence-corrected chi connectivity index (χ0v) is 18.8. The van der Waals surface area contributed by atoms with E-state index in [1.165, 1.54) is 0 Å². The van der Waals surface area contributed by atoms with Gasteiger partial charge in [0.05, 0.1) is 34.2 Å². The number of fused-ring (bicyclic) bond motifs is 1. The predicted molar refractivity (Wildman–Crippen MR) is 111 cm³/mol. The highest BCUT2D eigenvalue weighted by Gasteiger charge is 2.55. The topological polar surface area (TPSA) is 124 Å². The van der Waals surface area contributed by atoms with Gasteiger partial charge in [0.1, 0.15) is 5.75 Å². The van der Waals surface area contributed by atoms with Gasteiger partial charge in [0.15, 0.2) is 18.0 Å². The molecule has 3 rings (SSSR count). The van der Waals surface area contributed by atoms with E-state index in [1.807, 2.05) is 12.1 Å². The van der Waals surface area contributed by atoms with Crippen LogP contribution in [0.3, 0.4) is 0 Å². The van der Waals surface area contributed by atoms with E-state index >= 15 is 0 Å². The van der Waals surface area contributed by atoms with Crippen molar-refractivity contribution >= 4 is 32.8 Å². The Hall–Kier alpha value is -2.73. The summed E-state index contributed by atoms with van der Waals surface area (Å²) in [6.45, 7) is -0.318. The van der Waals surface area contributed by atoms with Crippen LogP contribution in [0, 0.1) is 0 Å². The summed E-state index contributed by atoms with van der Waals surface area (Å²) >= 11 is 0. The molecule has 1 saturated heterocycles. The van der Waals surface area contributed by atoms with Crippen LogP contribution in [0.15, 0.2) is 36.4 Å². The van der Waals surface area contributed by atoms with Gasteiger partial charge in [-0.05, 0) is 29.0 Å². The first-order chi connectivity index (χ1) is 15.1. The van der Waals surface area contributed by atoms with E-state index in [-0.39, 0.29) is 13.0 Å². The van der Waals surface area contributed by atoms with E-state index in [4.69, 9.17) is 27.9 Å². The maximum atomic E-state index is 12.3. The van der Waals surface area contributed by atoms with Crippen LogP contribution >= 0.6 is 0 Å². The van der Waals surface area contributed by atoms with Crippen LogP contribution in [-0.4, -0.2) is 66.8 Å². The monoisotopic (exact) mass is 468 g/mol. The van der Waals surface area contributed by atoms with Crippen molar-refractivity contribution in [2.24, 2.45) is 0 Å². The van der Waals surface area contributed by atoms with Gasteiger partial charge in [-0.15, -0.1) is 0 Å². The van der Waals surface area contributed by atoms with Crippen molar-refractivity contribution in [1.82, 2.24) is 0 Å². The Morgan fingerprint density at radius 2 is 1.50 bits per heavy atom. The molecule has 2 atom stereocenters. The van der Waals surface area contributed by atoms with Crippen LogP contribution in [0.1, 0.15) is 12.0 Å². The molecule has 0 aliphatic carbocycles. The number of carbonyl (C=O) groups excluding carboxylic acids is 2. The lowest BCUT2D eigenvalue weighted by molar-refractivity contribution is -0.201. The largest absolute Gasteiger partial charge is 0.497 e. The third-order valence-electron chi connectivity index (χ3n) is 4.99. The molecule has 2 aromatic carbocycles. The van der Waals surface area contributed by atoms with Gasteiger partial charge in [-0.25, -0.2) is 9.59 Å². The molecule has 1 heterocycles. The Morgan fingerprint density at radius 1 is 0.938 bits per heavy atom. The lowest BCUT2D eigenvalue weighted by atomic mass is 9.98. The second kappa shape index (κ2) is 9.41. The molecule has 174 valence electrons. The number of hydrogen-bond acceptors (Lipinski definition) is 10. The molecular formula is C21H24O10S. The van der Waals surface area contributed by atoms with Crippen molar-refractivity contribution in [3.8, 4) is 5.75 Å². The summed E-state index contributed by atoms with van der Waals surface area (Å²) in [6.07, 6.45) is -2.06. The number of benzene rings is 2. The molecule has 0 spiro atoms. The molecule has 0 unspecified atom stereocenters. The van der Waals surface area contributed by atoms with E-state index in [2.05, 4.69) is 0 Å². The lowest BCUT2D eigenvalue weighted by Gasteiger charge is -2.28. The number of methoxy groups -OCH3 is 3. The smallest absolute Gasteiger partial charge is 0.338 e. The van der Waals surface area contributed by atoms with Crippen molar-refractivity contribution in [3.05, 3.63) is 42.0 Å². The standard InChI is InChI=1S/C21H24O10S/c1-26-16-8-6-13-11-15(7-5-14(13)12-16)21(9-10-29-32(4,24)25)30-17(19(22)27-2)18(31-21)20(23)28-3/h5-8,11-12,17-18H,9-10H2,1-4H3/t17-,18-/m1/s1. The van der Waals surface area contributed by atoms with E-state index in [1.54, 1.807) is 31.4 Å². The highest BCUT2D eigenvalue weighted by atomic mass is 32.2. The van der Waals surface area contributed by atoms with Crippen molar-refractivity contribution in [3.63, 3.8) is 0 Å². The summed E-state index contributed by atoms with van der Waals surface area (Å²) in [5.41, 5.74) is 0.451. The van der Waals surface area contributed by atoms with E-state index in [0.717, 1.165) is 31.2 Å². The van der Waals surface area contributed by atoms with E-state index < -0.39 is 40.1 Å². The van der Waals surface area contributed by atoms with Crippen LogP contribution in [0.4, 0.5) is 0 Å². The quantitative estimate of drug-likeness (QED) is 0.416. The highest BCUT2D eigenvalue weighted by Crippen LogP contribution is 2.42. The number of ether oxygens (including phenoxy) is 5. The van der Waals surface area contributed by atoms with Crippen molar-refractivity contribution in [2.45, 2.75) is 24.4 Å². The minimum atomic E-state index is -3.74. The van der Waals surface area contributed by atoms with Crippen molar-refractivity contribution in [2.75, 3.05) is 34.2 Å². The van der Waals surface area contributed by atoms with Crippen LogP contribution in [0.2, 0.25) is 0 Å². The lowest BCUT2D eigenvalue weighted by Crippen LogP contribution is -2.38. The summed E-state index contributed by atoms with van der Waals surface area (Å²) in [5.74, 6) is -2.67. The third-order valence-corrected chi connectivity index (χ3v) is 5.59. The molecule has 10 nitrogen and oxygen atoms in total. The summed E-state index contributed by atoms with van der Waals surface area (Å²) in [4.78, 5) is 24.6. The maximum absolute atomic E-state index is 12.3. The average molecular weight is 468 g/mol. The number of esters is 2. The van der Waals surface area contributed by atoms with Gasteiger partial charge in [0.25, 0.3) is 10.1 Å². The summed E-state index contributed by atoms with van der Waals surface area (Å²) in [7, 11) is 0.116. The Balaban J connectivity index is 2.05. The fourth-order valence-electron chi connectivity index (χ4n) is 3.45. The SMILES string of the molecule is COC(=O)[C@@H]1OC(CCOS(C)(=O)=O)(c2ccc3cc(OC)ccc3c2)O[C@H]1C(=O)OC. The van der Waals surface area contributed by atoms with Gasteiger partial charge in [-0.1, -0.05) is 18.2 Å². The normalized spacial score (nSPS) is 20.1. The predicted octanol–water partition coefficient (Wildman–Crippen LogP) is 1.50. The summed E-state index contributed by atoms with van der Waals surface area (Å²) in [5, 5.41) is 1.66. The highest BCUT2D eigenvalue weighted by molar-refractivity contribution is 7.85. The molecule has 0 aromatic heterocycles. The third kappa shape index (κ3) is 5.01. The molecule has 1 aliphatic rings. The molecule has 0 saturated carbocycles. The molecule has 1 aliphatic heterocycles. The minimum Gasteiger partial charge on any atom is -0.497 e. The zero-order chi connectivity index (χ0) is 23.5. The number of rotatable bonds is 8. The summed E-state index contributed by atoms with van der Waals surface area (Å²) in [6, 6.07) is 10.7. The van der Waals surface area contributed by atoms with Gasteiger partial charge >= 0.3 is 11.9 Å². The Kier molecular flexibility index (Phi) is 7.03. The van der Waals surface area contributed by atoms with Gasteiger partial charge in [-0.3, -0.25) is 4.18 Å². The fraction of sp³-hybridized carbons (Fsp3) is 0.429. The first kappa shape index (κ1) is 23.9. The number of hydrogen-bond donors (Lipinski definition) is 0. The molecule has 0 amide bonds. The first-order valence-electron chi connectivity index (χ1n) is 9.56. The Labute approximate surface area is 185 Å². The zero-order valence-electron chi connectivity index (χ0n) is 18.0. The molecule has 32 heavy (non-hydrogen) atoms. The molecule has 0 N–H and O–H groups in total. The molecule has 2 aromatic rings. The second-order valence-electron chi connectivity index (χ2n) is 7.08. The minimum absolute atomic E-state index is 0.136. The molecule has 1 fully saturated rings. The van der Waals surface area contributed by atoms with E-state index in [9.17, 15) is 18.0 Å². The first-order valence-corrected chi connectivity index (χ1v) is 11.4. The van der Waals surface area contributed by atoms with E-state index in [0.29, 0.717) is 11.3 Å². The molecule has 0 radical (unpaired) electrons. The summed E-state index contributed by atoms with van der Waals surface area (Å²) < 4.78 is 54.4. The van der Waals surface area contributed by atoms with Gasteiger partial charge in [-0.2, -0.15) is 8.42 Å². The Bertz CT molecular complexity index is 1090. The molecule has 0 bridgehead atoms. The molecule has 11 heteroatoms. The van der Waals surface area contributed by atoms with Crippen LogP contribution in [0.25, 0.3) is 10.8 Å². The van der Waals surface area contributed by atoms with Crippen LogP contribution < -0.4 is 4.74 Å². The van der Waals surface area contributed by atoms with Crippen molar-refractivity contribution < 1.29 is 45.9 Å². The van der Waals surface area contributed by atoms with Crippen LogP contribution in [-0.2, 0) is 48.6 Å². The maximum Gasteiger partial charge on any atom is 0.338 e. The Morgan fingerprint density at radius 3 is 2.03 bits per heavy atom. The van der Waals surface area contributed by atoms with Gasteiger partial charge < -0.3 is 23.7 Å². The van der Waals surface area contributed by atoms with Crippen molar-refractivity contribution in [1.29, 1.82) is 0 Å². The van der Waals surface area contributed by atoms with Gasteiger partial charge in [0, 0.05) is 12.0 Å². The van der Waals surface area contributed by atoms with Gasteiger partial charge in [0.2, 0.25) is 0 Å². The second-order valence-corrected chi connectivity index (χ2v) is 8.72.